The average Bonchev–Trinajstić information content (AvgIpc) is 2.51. The highest BCUT2D eigenvalue weighted by molar-refractivity contribution is 5.92. The molecule has 4 nitrogen and oxygen atoms in total. The summed E-state index contributed by atoms with van der Waals surface area (Å²) >= 11 is 0. The molecule has 7 atom stereocenters. The van der Waals surface area contributed by atoms with Crippen molar-refractivity contribution < 1.29 is 20.1 Å². The minimum atomic E-state index is -0.753. The van der Waals surface area contributed by atoms with E-state index in [0.717, 1.165) is 18.4 Å². The van der Waals surface area contributed by atoms with E-state index in [1.54, 1.807) is 6.08 Å². The molecule has 0 unspecified atom stereocenters. The van der Waals surface area contributed by atoms with Crippen LogP contribution in [0.3, 0.4) is 0 Å². The Morgan fingerprint density at radius 1 is 1.25 bits per heavy atom. The second-order valence-electron chi connectivity index (χ2n) is 9.41. The van der Waals surface area contributed by atoms with Crippen LogP contribution in [0.25, 0.3) is 0 Å². The molecule has 0 aliphatic heterocycles. The Kier molecular flexibility index (Phi) is 4.26. The van der Waals surface area contributed by atoms with E-state index in [0.29, 0.717) is 19.3 Å². The topological polar surface area (TPSA) is 77.8 Å². The van der Waals surface area contributed by atoms with Crippen LogP contribution < -0.4 is 0 Å². The first kappa shape index (κ1) is 18.1. The molecule has 0 aromatic rings. The zero-order valence-electron chi connectivity index (χ0n) is 15.4. The van der Waals surface area contributed by atoms with E-state index < -0.39 is 12.2 Å². The molecule has 3 aliphatic carbocycles. The van der Waals surface area contributed by atoms with E-state index >= 15 is 0 Å². The minimum Gasteiger partial charge on any atom is -0.394 e. The van der Waals surface area contributed by atoms with Gasteiger partial charge in [0.1, 0.15) is 0 Å². The molecule has 0 radical (unpaired) electrons. The highest BCUT2D eigenvalue weighted by Crippen LogP contribution is 2.66. The van der Waals surface area contributed by atoms with Crippen LogP contribution in [0.15, 0.2) is 11.6 Å². The van der Waals surface area contributed by atoms with Crippen molar-refractivity contribution in [2.45, 2.75) is 72.0 Å². The van der Waals surface area contributed by atoms with Gasteiger partial charge in [-0.15, -0.1) is 0 Å². The molecule has 136 valence electrons. The lowest BCUT2D eigenvalue weighted by atomic mass is 9.41. The van der Waals surface area contributed by atoms with Crippen LogP contribution >= 0.6 is 0 Å². The first-order valence-electron chi connectivity index (χ1n) is 9.25. The van der Waals surface area contributed by atoms with Crippen LogP contribution in [0.5, 0.6) is 0 Å². The molecule has 3 rings (SSSR count). The van der Waals surface area contributed by atoms with Gasteiger partial charge in [-0.2, -0.15) is 0 Å². The summed E-state index contributed by atoms with van der Waals surface area (Å²) < 4.78 is 0. The molecule has 24 heavy (non-hydrogen) atoms. The lowest BCUT2D eigenvalue weighted by molar-refractivity contribution is -0.177. The Hall–Kier alpha value is -0.710. The summed E-state index contributed by atoms with van der Waals surface area (Å²) in [5.41, 5.74) is 0.511. The van der Waals surface area contributed by atoms with Crippen molar-refractivity contribution in [1.82, 2.24) is 0 Å². The first-order chi connectivity index (χ1) is 11.1. The molecular weight excluding hydrogens is 304 g/mol. The van der Waals surface area contributed by atoms with Crippen LogP contribution in [-0.2, 0) is 4.79 Å². The van der Waals surface area contributed by atoms with Crippen LogP contribution in [0.1, 0.15) is 59.8 Å². The van der Waals surface area contributed by atoms with E-state index in [1.165, 1.54) is 0 Å². The summed E-state index contributed by atoms with van der Waals surface area (Å²) in [6, 6.07) is 0. The molecule has 0 aromatic carbocycles. The maximum atomic E-state index is 12.2. The van der Waals surface area contributed by atoms with Gasteiger partial charge in [-0.25, -0.2) is 0 Å². The van der Waals surface area contributed by atoms with Crippen LogP contribution in [-0.4, -0.2) is 39.9 Å². The summed E-state index contributed by atoms with van der Waals surface area (Å²) in [5, 5.41) is 30.7. The molecule has 2 fully saturated rings. The van der Waals surface area contributed by atoms with Crippen molar-refractivity contribution in [1.29, 1.82) is 0 Å². The molecule has 0 amide bonds. The number of allylic oxidation sites excluding steroid dienone is 2. The average molecular weight is 336 g/mol. The second kappa shape index (κ2) is 5.65. The van der Waals surface area contributed by atoms with Crippen molar-refractivity contribution in [3.8, 4) is 0 Å². The smallest absolute Gasteiger partial charge is 0.155 e. The summed E-state index contributed by atoms with van der Waals surface area (Å²) in [6.07, 6.45) is 4.23. The molecular formula is C20H32O4. The number of rotatable bonds is 2. The number of hydrogen-bond donors (Lipinski definition) is 3. The molecule has 0 spiro atoms. The standard InChI is InChI=1S/C20H32O4/c1-12-7-13(22)8-16-19(3)6-5-18(2,17(24)11-21)9-14(19)15(23)10-20(12,16)4/h7,14-17,21,23-24H,5-6,8-11H2,1-4H3/t14-,15+,16-,17-,18+,19+,20+/m1/s1. The van der Waals surface area contributed by atoms with Gasteiger partial charge >= 0.3 is 0 Å². The Labute approximate surface area is 145 Å². The summed E-state index contributed by atoms with van der Waals surface area (Å²) in [4.78, 5) is 12.2. The SMILES string of the molecule is CC1=CC(=O)C[C@@H]2[C@@]3(C)CC[C@](C)([C@H](O)CO)C[C@@H]3[C@@H](O)C[C@@]12C. The second-order valence-corrected chi connectivity index (χ2v) is 9.41. The van der Waals surface area contributed by atoms with Crippen LogP contribution in [0.2, 0.25) is 0 Å². The zero-order valence-corrected chi connectivity index (χ0v) is 15.4. The number of ketones is 1. The van der Waals surface area contributed by atoms with Gasteiger partial charge in [0.15, 0.2) is 5.78 Å². The Balaban J connectivity index is 1.98. The fourth-order valence-corrected chi connectivity index (χ4v) is 6.12. The fourth-order valence-electron chi connectivity index (χ4n) is 6.12. The third-order valence-corrected chi connectivity index (χ3v) is 8.09. The lowest BCUT2D eigenvalue weighted by Crippen LogP contribution is -2.60. The van der Waals surface area contributed by atoms with Crippen LogP contribution in [0, 0.1) is 28.1 Å². The Morgan fingerprint density at radius 3 is 2.54 bits per heavy atom. The number of carbonyl (C=O) groups excluding carboxylic acids is 1. The normalized spacial score (nSPS) is 49.9. The van der Waals surface area contributed by atoms with E-state index in [4.69, 9.17) is 0 Å². The van der Waals surface area contributed by atoms with Crippen molar-refractivity contribution in [3.05, 3.63) is 11.6 Å². The summed E-state index contributed by atoms with van der Waals surface area (Å²) in [7, 11) is 0. The van der Waals surface area contributed by atoms with Gasteiger partial charge in [-0.3, -0.25) is 4.79 Å². The van der Waals surface area contributed by atoms with Gasteiger partial charge in [0, 0.05) is 6.42 Å². The largest absolute Gasteiger partial charge is 0.394 e. The van der Waals surface area contributed by atoms with Gasteiger partial charge in [0.05, 0.1) is 18.8 Å². The maximum absolute atomic E-state index is 12.2. The molecule has 3 aliphatic rings. The van der Waals surface area contributed by atoms with Crippen LogP contribution in [0.4, 0.5) is 0 Å². The predicted octanol–water partition coefficient (Wildman–Crippen LogP) is 2.46. The number of fused-ring (bicyclic) bond motifs is 3. The highest BCUT2D eigenvalue weighted by atomic mass is 16.3. The van der Waals surface area contributed by atoms with E-state index in [9.17, 15) is 20.1 Å². The third kappa shape index (κ3) is 2.41. The van der Waals surface area contributed by atoms with Crippen molar-refractivity contribution in [3.63, 3.8) is 0 Å². The number of hydrogen-bond acceptors (Lipinski definition) is 4. The van der Waals surface area contributed by atoms with Gasteiger partial charge in [-0.05, 0) is 66.8 Å². The quantitative estimate of drug-likeness (QED) is 0.724. The van der Waals surface area contributed by atoms with Crippen molar-refractivity contribution in [2.24, 2.45) is 28.1 Å². The lowest BCUT2D eigenvalue weighted by Gasteiger charge is -2.63. The Morgan fingerprint density at radius 2 is 1.92 bits per heavy atom. The monoisotopic (exact) mass is 336 g/mol. The fraction of sp³-hybridized carbons (Fsp3) is 0.850. The van der Waals surface area contributed by atoms with E-state index in [1.807, 2.05) is 13.8 Å². The molecule has 0 aromatic heterocycles. The van der Waals surface area contributed by atoms with Gasteiger partial charge in [-0.1, -0.05) is 26.3 Å². The molecule has 0 saturated heterocycles. The maximum Gasteiger partial charge on any atom is 0.155 e. The Bertz CT molecular complexity index is 570. The van der Waals surface area contributed by atoms with Crippen molar-refractivity contribution in [2.75, 3.05) is 6.61 Å². The van der Waals surface area contributed by atoms with Gasteiger partial charge < -0.3 is 15.3 Å². The third-order valence-electron chi connectivity index (χ3n) is 8.09. The van der Waals surface area contributed by atoms with E-state index in [2.05, 4.69) is 13.8 Å². The van der Waals surface area contributed by atoms with Gasteiger partial charge in [0.25, 0.3) is 0 Å². The number of aliphatic hydroxyl groups excluding tert-OH is 3. The predicted molar refractivity (Wildman–Crippen MR) is 92.2 cm³/mol. The van der Waals surface area contributed by atoms with Crippen molar-refractivity contribution >= 4 is 5.78 Å². The molecule has 2 saturated carbocycles. The molecule has 3 N–H and O–H groups in total. The highest BCUT2D eigenvalue weighted by Gasteiger charge is 2.61. The minimum absolute atomic E-state index is 0.0641. The summed E-state index contributed by atoms with van der Waals surface area (Å²) in [5.74, 6) is 0.510. The van der Waals surface area contributed by atoms with E-state index in [-0.39, 0.29) is 40.5 Å². The molecule has 4 heteroatoms. The molecule has 0 bridgehead atoms. The summed E-state index contributed by atoms with van der Waals surface area (Å²) in [6.45, 7) is 8.25. The zero-order chi connectivity index (χ0) is 17.9. The number of aliphatic hydroxyl groups is 3. The van der Waals surface area contributed by atoms with Gasteiger partial charge in [0.2, 0.25) is 0 Å². The first-order valence-corrected chi connectivity index (χ1v) is 9.25. The number of carbonyl (C=O) groups is 1. The molecule has 0 heterocycles.